The molecular weight excluding hydrogens is 358 g/mol. The van der Waals surface area contributed by atoms with Gasteiger partial charge in [-0.15, -0.1) is 17.0 Å². The van der Waals surface area contributed by atoms with Gasteiger partial charge in [0.1, 0.15) is 0 Å². The van der Waals surface area contributed by atoms with E-state index < -0.39 is 0 Å². The molecule has 1 heterocycles. The SMILES string of the molecule is Br.CCCN(CCC)C1CC=C2N=C(N(CC)CC)SC2C1. The summed E-state index contributed by atoms with van der Waals surface area (Å²) >= 11 is 1.99. The number of hydrogen-bond acceptors (Lipinski definition) is 4. The molecular formula is C17H32BrN3S. The van der Waals surface area contributed by atoms with Gasteiger partial charge in [0.25, 0.3) is 0 Å². The monoisotopic (exact) mass is 389 g/mol. The lowest BCUT2D eigenvalue weighted by Gasteiger charge is -2.34. The van der Waals surface area contributed by atoms with E-state index in [0.29, 0.717) is 5.25 Å². The van der Waals surface area contributed by atoms with Gasteiger partial charge in [0, 0.05) is 19.1 Å². The van der Waals surface area contributed by atoms with Gasteiger partial charge in [-0.1, -0.05) is 31.7 Å². The zero-order valence-corrected chi connectivity index (χ0v) is 17.1. The smallest absolute Gasteiger partial charge is 0.164 e. The van der Waals surface area contributed by atoms with Crippen LogP contribution in [0.4, 0.5) is 0 Å². The number of hydrogen-bond donors (Lipinski definition) is 0. The Kier molecular flexibility index (Phi) is 9.10. The largest absolute Gasteiger partial charge is 0.352 e. The molecule has 3 nitrogen and oxygen atoms in total. The summed E-state index contributed by atoms with van der Waals surface area (Å²) in [6.45, 7) is 13.6. The second-order valence-electron chi connectivity index (χ2n) is 5.96. The standard InChI is InChI=1S/C17H31N3S.BrH/c1-5-11-20(12-6-2)14-9-10-15-16(13-14)21-17(18-15)19(7-3)8-4;/h10,14,16H,5-9,11-13H2,1-4H3;1H. The van der Waals surface area contributed by atoms with E-state index in [4.69, 9.17) is 4.99 Å². The quantitative estimate of drug-likeness (QED) is 0.636. The Morgan fingerprint density at radius 3 is 2.32 bits per heavy atom. The summed E-state index contributed by atoms with van der Waals surface area (Å²) in [4.78, 5) is 9.97. The van der Waals surface area contributed by atoms with Crippen molar-refractivity contribution in [2.75, 3.05) is 26.2 Å². The first-order valence-electron chi connectivity index (χ1n) is 8.67. The van der Waals surface area contributed by atoms with E-state index in [2.05, 4.69) is 43.6 Å². The maximum atomic E-state index is 4.89. The topological polar surface area (TPSA) is 18.8 Å². The molecule has 0 saturated heterocycles. The first kappa shape index (κ1) is 20.0. The number of rotatable bonds is 7. The second kappa shape index (κ2) is 9.99. The molecule has 1 aliphatic carbocycles. The lowest BCUT2D eigenvalue weighted by atomic mass is 9.97. The van der Waals surface area contributed by atoms with Crippen molar-refractivity contribution in [1.29, 1.82) is 0 Å². The predicted octanol–water partition coefficient (Wildman–Crippen LogP) is 4.55. The minimum absolute atomic E-state index is 0. The van der Waals surface area contributed by atoms with E-state index in [9.17, 15) is 0 Å². The fraction of sp³-hybridized carbons (Fsp3) is 0.824. The first-order chi connectivity index (χ1) is 10.2. The third-order valence-corrected chi connectivity index (χ3v) is 5.74. The van der Waals surface area contributed by atoms with Crippen LogP contribution < -0.4 is 0 Å². The number of thioether (sulfide) groups is 1. The van der Waals surface area contributed by atoms with Gasteiger partial charge in [-0.3, -0.25) is 0 Å². The van der Waals surface area contributed by atoms with Gasteiger partial charge in [-0.05, 0) is 52.6 Å². The van der Waals surface area contributed by atoms with Gasteiger partial charge >= 0.3 is 0 Å². The lowest BCUT2D eigenvalue weighted by molar-refractivity contribution is 0.184. The summed E-state index contributed by atoms with van der Waals surface area (Å²) < 4.78 is 0. The first-order valence-corrected chi connectivity index (χ1v) is 9.55. The van der Waals surface area contributed by atoms with Crippen molar-refractivity contribution in [3.05, 3.63) is 11.8 Å². The Labute approximate surface area is 151 Å². The van der Waals surface area contributed by atoms with Gasteiger partial charge in [-0.25, -0.2) is 4.99 Å². The molecule has 2 aliphatic rings. The van der Waals surface area contributed by atoms with Crippen molar-refractivity contribution < 1.29 is 0 Å². The zero-order valence-electron chi connectivity index (χ0n) is 14.5. The van der Waals surface area contributed by atoms with Crippen LogP contribution in [0.5, 0.6) is 0 Å². The highest BCUT2D eigenvalue weighted by atomic mass is 79.9. The Morgan fingerprint density at radius 1 is 1.14 bits per heavy atom. The van der Waals surface area contributed by atoms with Crippen molar-refractivity contribution in [3.8, 4) is 0 Å². The van der Waals surface area contributed by atoms with Crippen LogP contribution in [0.3, 0.4) is 0 Å². The van der Waals surface area contributed by atoms with Crippen LogP contribution in [0.1, 0.15) is 53.4 Å². The van der Waals surface area contributed by atoms with E-state index in [1.165, 1.54) is 49.6 Å². The molecule has 5 heteroatoms. The van der Waals surface area contributed by atoms with Crippen LogP contribution in [-0.4, -0.2) is 52.4 Å². The third-order valence-electron chi connectivity index (χ3n) is 4.46. The fourth-order valence-electron chi connectivity index (χ4n) is 3.33. The van der Waals surface area contributed by atoms with Crippen LogP contribution >= 0.6 is 28.7 Å². The van der Waals surface area contributed by atoms with E-state index in [1.54, 1.807) is 0 Å². The van der Waals surface area contributed by atoms with Crippen LogP contribution in [0.15, 0.2) is 16.8 Å². The van der Waals surface area contributed by atoms with Gasteiger partial charge in [-0.2, -0.15) is 0 Å². The fourth-order valence-corrected chi connectivity index (χ4v) is 4.74. The van der Waals surface area contributed by atoms with Gasteiger partial charge < -0.3 is 9.80 Å². The van der Waals surface area contributed by atoms with E-state index in [-0.39, 0.29) is 17.0 Å². The van der Waals surface area contributed by atoms with E-state index in [1.807, 2.05) is 11.8 Å². The Hall–Kier alpha value is -0.0000000000000000555. The number of amidine groups is 1. The van der Waals surface area contributed by atoms with E-state index >= 15 is 0 Å². The summed E-state index contributed by atoms with van der Waals surface area (Å²) in [5, 5.41) is 1.84. The molecule has 0 N–H and O–H groups in total. The van der Waals surface area contributed by atoms with Crippen molar-refractivity contribution in [1.82, 2.24) is 9.80 Å². The molecule has 0 bridgehead atoms. The van der Waals surface area contributed by atoms with Crippen molar-refractivity contribution in [2.45, 2.75) is 64.7 Å². The molecule has 22 heavy (non-hydrogen) atoms. The summed E-state index contributed by atoms with van der Waals surface area (Å²) in [6, 6.07) is 0.720. The molecule has 0 aromatic carbocycles. The summed E-state index contributed by atoms with van der Waals surface area (Å²) in [6.07, 6.45) is 7.37. The lowest BCUT2D eigenvalue weighted by Crippen LogP contribution is -2.39. The van der Waals surface area contributed by atoms with E-state index in [0.717, 1.165) is 19.1 Å². The molecule has 0 aromatic rings. The maximum Gasteiger partial charge on any atom is 0.164 e. The van der Waals surface area contributed by atoms with Crippen molar-refractivity contribution in [2.24, 2.45) is 4.99 Å². The van der Waals surface area contributed by atoms with Gasteiger partial charge in [0.2, 0.25) is 0 Å². The highest BCUT2D eigenvalue weighted by molar-refractivity contribution is 8.93. The number of halogens is 1. The Morgan fingerprint density at radius 2 is 1.77 bits per heavy atom. The number of aliphatic imine (C=N–C) groups is 1. The average molecular weight is 390 g/mol. The molecule has 0 saturated carbocycles. The molecule has 2 unspecified atom stereocenters. The predicted molar refractivity (Wildman–Crippen MR) is 105 cm³/mol. The Balaban J connectivity index is 0.00000242. The summed E-state index contributed by atoms with van der Waals surface area (Å²) in [5.41, 5.74) is 1.34. The normalized spacial score (nSPS) is 23.7. The minimum Gasteiger partial charge on any atom is -0.352 e. The molecule has 0 fully saturated rings. The van der Waals surface area contributed by atoms with Crippen LogP contribution in [0.2, 0.25) is 0 Å². The molecule has 0 radical (unpaired) electrons. The summed E-state index contributed by atoms with van der Waals surface area (Å²) in [7, 11) is 0. The molecule has 0 aromatic heterocycles. The highest BCUT2D eigenvalue weighted by Gasteiger charge is 2.34. The minimum atomic E-state index is 0. The Bertz CT molecular complexity index is 387. The molecule has 0 spiro atoms. The molecule has 2 rings (SSSR count). The summed E-state index contributed by atoms with van der Waals surface area (Å²) in [5.74, 6) is 0. The highest BCUT2D eigenvalue weighted by Crippen LogP contribution is 2.39. The van der Waals surface area contributed by atoms with Crippen LogP contribution in [0, 0.1) is 0 Å². The van der Waals surface area contributed by atoms with Gasteiger partial charge in [0.15, 0.2) is 5.17 Å². The van der Waals surface area contributed by atoms with Crippen molar-refractivity contribution in [3.63, 3.8) is 0 Å². The molecule has 1 aliphatic heterocycles. The zero-order chi connectivity index (χ0) is 15.2. The number of fused-ring (bicyclic) bond motifs is 1. The van der Waals surface area contributed by atoms with Gasteiger partial charge in [0.05, 0.1) is 10.9 Å². The van der Waals surface area contributed by atoms with Crippen LogP contribution in [0.25, 0.3) is 0 Å². The maximum absolute atomic E-state index is 4.89. The van der Waals surface area contributed by atoms with Crippen LogP contribution in [-0.2, 0) is 0 Å². The molecule has 128 valence electrons. The van der Waals surface area contributed by atoms with Crippen molar-refractivity contribution >= 4 is 33.9 Å². The molecule has 0 amide bonds. The number of nitrogens with zero attached hydrogens (tertiary/aromatic N) is 3. The average Bonchev–Trinajstić information content (AvgIpc) is 2.91. The third kappa shape index (κ3) is 4.75. The molecule has 2 atom stereocenters. The second-order valence-corrected chi connectivity index (χ2v) is 7.13.